The summed E-state index contributed by atoms with van der Waals surface area (Å²) in [7, 11) is 0. The lowest BCUT2D eigenvalue weighted by molar-refractivity contribution is 1.18. The first-order valence-corrected chi connectivity index (χ1v) is 18.1. The van der Waals surface area contributed by atoms with Gasteiger partial charge in [-0.2, -0.15) is 0 Å². The third-order valence-electron chi connectivity index (χ3n) is 10.8. The quantitative estimate of drug-likeness (QED) is 0.172. The number of nitrogens with zero attached hydrogens (tertiary/aromatic N) is 4. The highest BCUT2D eigenvalue weighted by atomic mass is 32.1. The highest BCUT2D eigenvalue weighted by molar-refractivity contribution is 7.26. The minimum absolute atomic E-state index is 1.000. The van der Waals surface area contributed by atoms with Crippen LogP contribution in [0.2, 0.25) is 0 Å². The molecule has 51 heavy (non-hydrogen) atoms. The fraction of sp³-hybridized carbons (Fsp3) is 0. The van der Waals surface area contributed by atoms with E-state index in [0.717, 1.165) is 21.6 Å². The first-order chi connectivity index (χ1) is 25.3. The van der Waals surface area contributed by atoms with Gasteiger partial charge in [0.2, 0.25) is 0 Å². The Hall–Kier alpha value is -6.56. The zero-order valence-electron chi connectivity index (χ0n) is 27.2. The van der Waals surface area contributed by atoms with Crippen LogP contribution in [0.4, 0.5) is 0 Å². The predicted octanol–water partition coefficient (Wildman–Crippen LogP) is 12.5. The number of aromatic nitrogens is 4. The Morgan fingerprint density at radius 2 is 0.922 bits per heavy atom. The molecule has 4 heterocycles. The molecule has 8 aromatic carbocycles. The van der Waals surface area contributed by atoms with E-state index in [1.807, 2.05) is 6.20 Å². The number of fused-ring (bicyclic) bond motifs is 18. The van der Waals surface area contributed by atoms with Crippen LogP contribution in [0.15, 0.2) is 158 Å². The van der Waals surface area contributed by atoms with Gasteiger partial charge in [-0.3, -0.25) is 0 Å². The van der Waals surface area contributed by atoms with Gasteiger partial charge in [0.25, 0.3) is 0 Å². The zero-order valence-corrected chi connectivity index (χ0v) is 28.0. The van der Waals surface area contributed by atoms with Gasteiger partial charge in [-0.05, 0) is 68.7 Å². The van der Waals surface area contributed by atoms with Crippen LogP contribution in [-0.4, -0.2) is 19.1 Å². The molecule has 0 radical (unpaired) electrons. The summed E-state index contributed by atoms with van der Waals surface area (Å²) in [5, 5.41) is 14.9. The van der Waals surface area contributed by atoms with Gasteiger partial charge in [0.15, 0.2) is 0 Å². The van der Waals surface area contributed by atoms with Crippen molar-refractivity contribution in [3.05, 3.63) is 158 Å². The van der Waals surface area contributed by atoms with Crippen LogP contribution in [0.25, 0.3) is 108 Å². The summed E-state index contributed by atoms with van der Waals surface area (Å²) in [5.41, 5.74) is 7.04. The number of benzene rings is 8. The molecule has 4 nitrogen and oxygen atoms in total. The summed E-state index contributed by atoms with van der Waals surface area (Å²) in [6, 6.07) is 53.2. The third kappa shape index (κ3) is 3.53. The monoisotopic (exact) mass is 666 g/mol. The molecule has 0 aliphatic rings. The maximum absolute atomic E-state index is 4.81. The molecule has 0 bridgehead atoms. The van der Waals surface area contributed by atoms with Crippen LogP contribution >= 0.6 is 11.3 Å². The molecule has 0 saturated carbocycles. The lowest BCUT2D eigenvalue weighted by Gasteiger charge is -2.14. The Labute approximate surface area is 295 Å². The van der Waals surface area contributed by atoms with Crippen molar-refractivity contribution in [2.24, 2.45) is 0 Å². The summed E-state index contributed by atoms with van der Waals surface area (Å²) in [5.74, 6) is 0. The second-order valence-electron chi connectivity index (χ2n) is 13.4. The molecule has 4 aromatic heterocycles. The van der Waals surface area contributed by atoms with Gasteiger partial charge in [0.1, 0.15) is 11.2 Å². The Balaban J connectivity index is 1.36. The van der Waals surface area contributed by atoms with Crippen LogP contribution in [0.1, 0.15) is 0 Å². The summed E-state index contributed by atoms with van der Waals surface area (Å²) in [6.07, 6.45) is 3.67. The van der Waals surface area contributed by atoms with Crippen LogP contribution in [0, 0.1) is 0 Å². The maximum Gasteiger partial charge on any atom is 0.127 e. The topological polar surface area (TPSA) is 35.6 Å². The molecular formula is C46H26N4S. The third-order valence-corrected chi connectivity index (χ3v) is 12.0. The number of thiophene rings is 1. The normalized spacial score (nSPS) is 12.3. The van der Waals surface area contributed by atoms with Gasteiger partial charge in [0.05, 0.1) is 22.1 Å². The van der Waals surface area contributed by atoms with Crippen molar-refractivity contribution in [1.82, 2.24) is 19.1 Å². The summed E-state index contributed by atoms with van der Waals surface area (Å²) in [6.45, 7) is 0. The van der Waals surface area contributed by atoms with Crippen molar-refractivity contribution in [3.63, 3.8) is 0 Å². The van der Waals surface area contributed by atoms with Crippen molar-refractivity contribution in [3.8, 4) is 11.4 Å². The van der Waals surface area contributed by atoms with Crippen LogP contribution in [0.5, 0.6) is 0 Å². The molecule has 5 heteroatoms. The summed E-state index contributed by atoms with van der Waals surface area (Å²) in [4.78, 5) is 10.4. The van der Waals surface area contributed by atoms with Crippen LogP contribution < -0.4 is 0 Å². The first kappa shape index (κ1) is 27.3. The molecule has 0 saturated heterocycles. The highest BCUT2D eigenvalue weighted by Crippen LogP contribution is 2.51. The zero-order chi connectivity index (χ0) is 33.2. The van der Waals surface area contributed by atoms with E-state index < -0.39 is 0 Å². The van der Waals surface area contributed by atoms with Gasteiger partial charge in [-0.15, -0.1) is 11.3 Å². The van der Waals surface area contributed by atoms with Crippen molar-refractivity contribution >= 4 is 108 Å². The lowest BCUT2D eigenvalue weighted by atomic mass is 9.94. The highest BCUT2D eigenvalue weighted by Gasteiger charge is 2.27. The smallest absolute Gasteiger partial charge is 0.127 e. The van der Waals surface area contributed by atoms with Crippen molar-refractivity contribution in [1.29, 1.82) is 0 Å². The van der Waals surface area contributed by atoms with E-state index in [1.165, 1.54) is 86.0 Å². The standard InChI is InChI=1S/C46H26N4S/c1-2-12-27(13-3-1)49-38-20-10-8-18-34(38)40-43-41(45-42(44(40)49)37-25-47-26-48-46(37)51-45)35-19-9-11-21-39(35)50(43)28-22-23-33-31-16-5-4-14-29(31)30-15-6-7-17-32(30)36(33)24-28/h1-26H. The maximum atomic E-state index is 4.81. The van der Waals surface area contributed by atoms with Gasteiger partial charge < -0.3 is 9.13 Å². The molecule has 0 atom stereocenters. The molecule has 12 aromatic rings. The molecule has 0 aliphatic heterocycles. The Morgan fingerprint density at radius 1 is 0.412 bits per heavy atom. The van der Waals surface area contributed by atoms with E-state index in [-0.39, 0.29) is 0 Å². The molecule has 12 rings (SSSR count). The van der Waals surface area contributed by atoms with E-state index in [1.54, 1.807) is 17.7 Å². The number of para-hydroxylation sites is 3. The molecular weight excluding hydrogens is 641 g/mol. The van der Waals surface area contributed by atoms with Gasteiger partial charge in [-0.1, -0.05) is 109 Å². The minimum Gasteiger partial charge on any atom is -0.308 e. The predicted molar refractivity (Wildman–Crippen MR) is 216 cm³/mol. The van der Waals surface area contributed by atoms with E-state index in [0.29, 0.717) is 0 Å². The lowest BCUT2D eigenvalue weighted by Crippen LogP contribution is -1.96. The Morgan fingerprint density at radius 3 is 1.59 bits per heavy atom. The molecule has 236 valence electrons. The fourth-order valence-corrected chi connectivity index (χ4v) is 10.00. The van der Waals surface area contributed by atoms with E-state index in [2.05, 4.69) is 160 Å². The number of hydrogen-bond donors (Lipinski definition) is 0. The largest absolute Gasteiger partial charge is 0.308 e. The first-order valence-electron chi connectivity index (χ1n) is 17.2. The summed E-state index contributed by atoms with van der Waals surface area (Å²) >= 11 is 1.77. The fourth-order valence-electron chi connectivity index (χ4n) is 8.82. The van der Waals surface area contributed by atoms with Gasteiger partial charge >= 0.3 is 0 Å². The molecule has 0 N–H and O–H groups in total. The Bertz CT molecular complexity index is 3390. The van der Waals surface area contributed by atoms with Crippen molar-refractivity contribution in [2.45, 2.75) is 0 Å². The van der Waals surface area contributed by atoms with Crippen molar-refractivity contribution < 1.29 is 0 Å². The van der Waals surface area contributed by atoms with Gasteiger partial charge in [0, 0.05) is 54.6 Å². The van der Waals surface area contributed by atoms with Crippen LogP contribution in [0.3, 0.4) is 0 Å². The van der Waals surface area contributed by atoms with E-state index in [4.69, 9.17) is 4.98 Å². The van der Waals surface area contributed by atoms with Gasteiger partial charge in [-0.25, -0.2) is 9.97 Å². The average Bonchev–Trinajstić information content (AvgIpc) is 3.86. The van der Waals surface area contributed by atoms with Crippen molar-refractivity contribution in [2.75, 3.05) is 0 Å². The van der Waals surface area contributed by atoms with E-state index in [9.17, 15) is 0 Å². The van der Waals surface area contributed by atoms with Crippen LogP contribution in [-0.2, 0) is 0 Å². The SMILES string of the molecule is c1ccc(-n2c3ccccc3c3c4c(c5ccccc5n4-c4ccc5c6ccccc6c6ccccc6c5c4)c4sc5ncncc5c4c32)cc1. The second kappa shape index (κ2) is 10.0. The van der Waals surface area contributed by atoms with E-state index >= 15 is 0 Å². The minimum atomic E-state index is 1.000. The number of rotatable bonds is 2. The molecule has 0 aliphatic carbocycles. The molecule has 0 amide bonds. The molecule has 0 spiro atoms. The second-order valence-corrected chi connectivity index (χ2v) is 14.4. The number of hydrogen-bond acceptors (Lipinski definition) is 3. The average molecular weight is 667 g/mol. The summed E-state index contributed by atoms with van der Waals surface area (Å²) < 4.78 is 6.21. The molecule has 0 fully saturated rings. The Kier molecular flexibility index (Phi) is 5.35. The molecule has 0 unspecified atom stereocenters.